The summed E-state index contributed by atoms with van der Waals surface area (Å²) >= 11 is 0. The maximum absolute atomic E-state index is 5.75. The normalized spacial score (nSPS) is 16.0. The first-order valence-corrected chi connectivity index (χ1v) is 32.7. The molecule has 0 saturated heterocycles. The fourth-order valence-corrected chi connectivity index (χ4v) is 25.5. The Morgan fingerprint density at radius 2 is 0.566 bits per heavy atom. The van der Waals surface area contributed by atoms with Gasteiger partial charge in [0.25, 0.3) is 0 Å². The quantitative estimate of drug-likeness (QED) is 0.149. The van der Waals surface area contributed by atoms with Crippen LogP contribution in [0.2, 0.25) is 0 Å². The molecule has 2 aliphatic heterocycles. The van der Waals surface area contributed by atoms with Gasteiger partial charge in [0.1, 0.15) is 0 Å². The van der Waals surface area contributed by atoms with Crippen molar-refractivity contribution in [2.75, 3.05) is 0 Å². The van der Waals surface area contributed by atoms with Crippen LogP contribution in [0.15, 0.2) is 297 Å². The molecule has 0 aliphatic carbocycles. The minimum Gasteiger partial charge on any atom is -0.309 e. The van der Waals surface area contributed by atoms with Gasteiger partial charge < -0.3 is 9.13 Å². The summed E-state index contributed by atoms with van der Waals surface area (Å²) < 4.78 is 7.35. The molecule has 2 atom stereocenters. The van der Waals surface area contributed by atoms with Crippen LogP contribution in [0.4, 0.5) is 0 Å². The first-order chi connectivity index (χ1) is 41.2. The Hall–Kier alpha value is -10.4. The van der Waals surface area contributed by atoms with Gasteiger partial charge >= 0.3 is 0 Å². The number of aromatic nitrogens is 5. The zero-order valence-corrected chi connectivity index (χ0v) is 47.0. The van der Waals surface area contributed by atoms with Gasteiger partial charge in [-0.2, -0.15) is 0 Å². The maximum atomic E-state index is 5.75. The summed E-state index contributed by atoms with van der Waals surface area (Å²) in [5, 5.41) is 18.2. The monoisotopic (exact) mass is 1090 g/mol. The van der Waals surface area contributed by atoms with E-state index in [1.807, 2.05) is 0 Å². The average Bonchev–Trinajstić information content (AvgIpc) is 1.91. The van der Waals surface area contributed by atoms with Crippen molar-refractivity contribution in [1.82, 2.24) is 23.7 Å². The predicted octanol–water partition coefficient (Wildman–Crippen LogP) is 12.5. The van der Waals surface area contributed by atoms with Crippen molar-refractivity contribution in [3.05, 3.63) is 297 Å². The SMILES string of the molecule is c1ccc([Si]2(c3cccc(-c4cc(-c5cccc([Si]6(c7ccccc7)c7ccccc7-n7c8ccccc8c8cccc6c87)c5)nc(-n5c6ccccc6c6ccccc65)n4)c3)c3ccccc3-n3c4ccccc4c4cccc2c43)cc1. The maximum Gasteiger partial charge on any atom is 0.235 e. The topological polar surface area (TPSA) is 40.6 Å². The molecule has 12 aromatic carbocycles. The molecule has 83 heavy (non-hydrogen) atoms. The molecule has 0 bridgehead atoms. The Labute approximate surface area is 480 Å². The molecule has 0 spiro atoms. The lowest BCUT2D eigenvalue weighted by Gasteiger charge is -2.40. The summed E-state index contributed by atoms with van der Waals surface area (Å²) in [5.41, 5.74) is 13.5. The van der Waals surface area contributed by atoms with E-state index in [2.05, 4.69) is 311 Å². The lowest BCUT2D eigenvalue weighted by atomic mass is 10.1. The van der Waals surface area contributed by atoms with Crippen LogP contribution in [-0.4, -0.2) is 39.8 Å². The lowest BCUT2D eigenvalue weighted by molar-refractivity contribution is 0.996. The molecule has 0 radical (unpaired) electrons. The first-order valence-electron chi connectivity index (χ1n) is 28.7. The number of hydrogen-bond acceptors (Lipinski definition) is 2. The first kappa shape index (κ1) is 46.3. The predicted molar refractivity (Wildman–Crippen MR) is 350 cm³/mol. The van der Waals surface area contributed by atoms with E-state index < -0.39 is 16.1 Å². The molecule has 5 nitrogen and oxygen atoms in total. The molecule has 0 N–H and O–H groups in total. The summed E-state index contributed by atoms with van der Waals surface area (Å²) in [5.74, 6) is 0.630. The summed E-state index contributed by atoms with van der Waals surface area (Å²) in [4.78, 5) is 11.5. The van der Waals surface area contributed by atoms with Crippen molar-refractivity contribution in [3.8, 4) is 39.8 Å². The van der Waals surface area contributed by atoms with Crippen LogP contribution in [0.1, 0.15) is 0 Å². The third kappa shape index (κ3) is 6.24. The van der Waals surface area contributed by atoms with E-state index in [0.717, 1.165) is 33.5 Å². The Morgan fingerprint density at radius 3 is 1.01 bits per heavy atom. The van der Waals surface area contributed by atoms with E-state index in [0.29, 0.717) is 5.95 Å². The molecule has 4 aromatic heterocycles. The molecule has 2 unspecified atom stereocenters. The molecule has 0 amide bonds. The third-order valence-electron chi connectivity index (χ3n) is 18.4. The minimum absolute atomic E-state index is 0.630. The second-order valence-electron chi connectivity index (χ2n) is 22.3. The summed E-state index contributed by atoms with van der Waals surface area (Å²) in [6.07, 6.45) is 0. The van der Waals surface area contributed by atoms with Crippen LogP contribution in [0.25, 0.3) is 105 Å². The van der Waals surface area contributed by atoms with Gasteiger partial charge in [-0.15, -0.1) is 0 Å². The van der Waals surface area contributed by atoms with Crippen LogP contribution < -0.4 is 41.5 Å². The number of benzene rings is 12. The molecule has 0 fully saturated rings. The smallest absolute Gasteiger partial charge is 0.235 e. The van der Waals surface area contributed by atoms with Crippen molar-refractivity contribution in [2.24, 2.45) is 0 Å². The van der Waals surface area contributed by atoms with Crippen LogP contribution in [0.3, 0.4) is 0 Å². The molecule has 386 valence electrons. The number of nitrogens with zero attached hydrogens (tertiary/aromatic N) is 5. The van der Waals surface area contributed by atoms with Gasteiger partial charge in [0.2, 0.25) is 5.95 Å². The molecule has 2 aliphatic rings. The van der Waals surface area contributed by atoms with Gasteiger partial charge in [-0.3, -0.25) is 4.57 Å². The van der Waals surface area contributed by atoms with E-state index in [1.54, 1.807) is 0 Å². The Morgan fingerprint density at radius 1 is 0.241 bits per heavy atom. The summed E-state index contributed by atoms with van der Waals surface area (Å²) in [7, 11) is -6.14. The standard InChI is InChI=1S/C76H49N5Si2/c1-3-25-52(26-4-1)82(70-43-17-15-41-68(70)79-64-37-11-9-33-58(64)60-35-21-45-72(82)74(60)79)54-29-19-23-50(47-54)62-49-63(78-76(77-62)81-66-39-13-7-31-56(66)57-32-8-14-40-67(57)81)51-24-20-30-55(48-51)83(53-27-5-2-6-28-53)71-44-18-16-42-69(71)80-65-38-12-10-34-59(65)61-36-22-46-73(83)75(61)80/h1-49H. The van der Waals surface area contributed by atoms with Gasteiger partial charge in [-0.1, -0.05) is 255 Å². The van der Waals surface area contributed by atoms with E-state index in [4.69, 9.17) is 9.97 Å². The van der Waals surface area contributed by atoms with Crippen molar-refractivity contribution < 1.29 is 0 Å². The molecular weight excluding hydrogens is 1040 g/mol. The molecule has 0 saturated carbocycles. The average molecular weight is 1090 g/mol. The molecule has 6 heterocycles. The zero-order valence-electron chi connectivity index (χ0n) is 45.0. The fourth-order valence-electron chi connectivity index (χ4n) is 15.1. The second kappa shape index (κ2) is 17.5. The Balaban J connectivity index is 0.907. The highest BCUT2D eigenvalue weighted by Crippen LogP contribution is 2.39. The lowest BCUT2D eigenvalue weighted by Crippen LogP contribution is -2.76. The van der Waals surface area contributed by atoms with Crippen LogP contribution in [0, 0.1) is 0 Å². The number of rotatable bonds is 7. The fraction of sp³-hybridized carbons (Fsp3) is 0. The number of para-hydroxylation sites is 8. The van der Waals surface area contributed by atoms with Crippen LogP contribution >= 0.6 is 0 Å². The number of fused-ring (bicyclic) bond motifs is 13. The highest BCUT2D eigenvalue weighted by Gasteiger charge is 2.49. The zero-order chi connectivity index (χ0) is 54.4. The largest absolute Gasteiger partial charge is 0.309 e. The van der Waals surface area contributed by atoms with Crippen molar-refractivity contribution >= 4 is 123 Å². The molecule has 16 aromatic rings. The van der Waals surface area contributed by atoms with Gasteiger partial charge in [0.15, 0.2) is 16.1 Å². The van der Waals surface area contributed by atoms with Crippen LogP contribution in [-0.2, 0) is 0 Å². The molecule has 7 heteroatoms. The van der Waals surface area contributed by atoms with Crippen molar-refractivity contribution in [2.45, 2.75) is 0 Å². The van der Waals surface area contributed by atoms with E-state index in [-0.39, 0.29) is 0 Å². The Kier molecular flexibility index (Phi) is 9.78. The van der Waals surface area contributed by atoms with Gasteiger partial charge in [-0.05, 0) is 84.0 Å². The Bertz CT molecular complexity index is 5040. The highest BCUT2D eigenvalue weighted by atomic mass is 28.3. The van der Waals surface area contributed by atoms with Crippen molar-refractivity contribution in [1.29, 1.82) is 0 Å². The molecule has 18 rings (SSSR count). The van der Waals surface area contributed by atoms with Crippen molar-refractivity contribution in [3.63, 3.8) is 0 Å². The molecular formula is C76H49N5Si2. The highest BCUT2D eigenvalue weighted by molar-refractivity contribution is 7.22. The van der Waals surface area contributed by atoms with E-state index in [9.17, 15) is 0 Å². The van der Waals surface area contributed by atoms with Gasteiger partial charge in [0.05, 0.1) is 44.5 Å². The van der Waals surface area contributed by atoms with E-state index in [1.165, 1.54) is 107 Å². The van der Waals surface area contributed by atoms with Gasteiger partial charge in [-0.25, -0.2) is 9.97 Å². The second-order valence-corrected chi connectivity index (χ2v) is 29.8. The minimum atomic E-state index is -3.07. The van der Waals surface area contributed by atoms with Gasteiger partial charge in [0, 0.05) is 54.8 Å². The number of hydrogen-bond donors (Lipinski definition) is 0. The van der Waals surface area contributed by atoms with E-state index >= 15 is 0 Å². The third-order valence-corrected chi connectivity index (χ3v) is 28.0. The summed E-state index contributed by atoms with van der Waals surface area (Å²) in [6.45, 7) is 0. The summed E-state index contributed by atoms with van der Waals surface area (Å²) in [6, 6.07) is 111. The van der Waals surface area contributed by atoms with Crippen LogP contribution in [0.5, 0.6) is 0 Å².